The molecule has 1 aromatic heterocycles. The minimum Gasteiger partial charge on any atom is -0.490 e. The molecule has 0 fully saturated rings. The number of ether oxygens (including phenoxy) is 1. The van der Waals surface area contributed by atoms with E-state index >= 15 is 0 Å². The monoisotopic (exact) mass is 169 g/mol. The van der Waals surface area contributed by atoms with E-state index in [4.69, 9.17) is 5.11 Å². The lowest BCUT2D eigenvalue weighted by Gasteiger charge is -1.96. The predicted octanol–water partition coefficient (Wildman–Crippen LogP) is -0.123. The van der Waals surface area contributed by atoms with Gasteiger partial charge in [0.05, 0.1) is 7.11 Å². The number of aliphatic carboxylic acids is 1. The zero-order valence-electron chi connectivity index (χ0n) is 6.31. The number of carboxylic acid groups (broad SMARTS) is 1. The molecule has 1 aromatic rings. The van der Waals surface area contributed by atoms with E-state index in [2.05, 4.69) is 20.1 Å². The van der Waals surface area contributed by atoms with Crippen LogP contribution in [-0.2, 0) is 9.53 Å². The van der Waals surface area contributed by atoms with Gasteiger partial charge in [-0.1, -0.05) is 5.21 Å². The maximum Gasteiger partial charge on any atom is 0.371 e. The number of nitrogens with zero attached hydrogens (tertiary/aromatic N) is 2. The van der Waals surface area contributed by atoms with Gasteiger partial charge in [0, 0.05) is 12.3 Å². The van der Waals surface area contributed by atoms with Crippen LogP contribution in [0.3, 0.4) is 0 Å². The Hall–Kier alpha value is -1.85. The first-order valence-corrected chi connectivity index (χ1v) is 3.09. The van der Waals surface area contributed by atoms with Crippen molar-refractivity contribution in [3.63, 3.8) is 0 Å². The molecule has 12 heavy (non-hydrogen) atoms. The zero-order valence-corrected chi connectivity index (χ0v) is 6.31. The number of H-pyrrole nitrogens is 1. The van der Waals surface area contributed by atoms with Crippen molar-refractivity contribution in [1.29, 1.82) is 0 Å². The summed E-state index contributed by atoms with van der Waals surface area (Å²) in [6.07, 6.45) is 2.73. The largest absolute Gasteiger partial charge is 0.490 e. The van der Waals surface area contributed by atoms with Gasteiger partial charge in [0.1, 0.15) is 5.69 Å². The summed E-state index contributed by atoms with van der Waals surface area (Å²) in [7, 11) is 1.28. The number of hydrogen-bond donors (Lipinski definition) is 2. The van der Waals surface area contributed by atoms with E-state index in [1.54, 1.807) is 0 Å². The smallest absolute Gasteiger partial charge is 0.371 e. The number of hydrogen-bond acceptors (Lipinski definition) is 4. The van der Waals surface area contributed by atoms with Gasteiger partial charge in [-0.3, -0.25) is 5.10 Å². The fraction of sp³-hybridized carbons (Fsp3) is 0.167. The van der Waals surface area contributed by atoms with E-state index in [1.165, 1.54) is 19.4 Å². The first-order valence-electron chi connectivity index (χ1n) is 3.09. The van der Waals surface area contributed by atoms with Crippen molar-refractivity contribution < 1.29 is 14.6 Å². The van der Waals surface area contributed by atoms with Gasteiger partial charge in [-0.25, -0.2) is 4.79 Å². The maximum absolute atomic E-state index is 10.4. The molecule has 0 aliphatic rings. The molecule has 6 nitrogen and oxygen atoms in total. The van der Waals surface area contributed by atoms with Crippen molar-refractivity contribution in [1.82, 2.24) is 15.4 Å². The number of methoxy groups -OCH3 is 1. The molecule has 1 rings (SSSR count). The Labute approximate surface area is 67.9 Å². The van der Waals surface area contributed by atoms with Gasteiger partial charge in [-0.05, 0) is 0 Å². The second-order valence-electron chi connectivity index (χ2n) is 1.92. The van der Waals surface area contributed by atoms with E-state index in [-0.39, 0.29) is 5.76 Å². The van der Waals surface area contributed by atoms with Crippen LogP contribution in [0.4, 0.5) is 0 Å². The number of aromatic nitrogens is 3. The van der Waals surface area contributed by atoms with Crippen LogP contribution in [-0.4, -0.2) is 33.6 Å². The van der Waals surface area contributed by atoms with Crippen LogP contribution >= 0.6 is 0 Å². The van der Waals surface area contributed by atoms with Crippen molar-refractivity contribution in [2.24, 2.45) is 0 Å². The quantitative estimate of drug-likeness (QED) is 0.486. The first-order chi connectivity index (χ1) is 5.74. The van der Waals surface area contributed by atoms with Crippen LogP contribution in [0, 0.1) is 0 Å². The molecule has 0 saturated heterocycles. The van der Waals surface area contributed by atoms with Crippen LogP contribution in [0.25, 0.3) is 6.08 Å². The van der Waals surface area contributed by atoms with E-state index in [0.717, 1.165) is 0 Å². The summed E-state index contributed by atoms with van der Waals surface area (Å²) in [6, 6.07) is 0. The van der Waals surface area contributed by atoms with Gasteiger partial charge in [-0.2, -0.15) is 0 Å². The summed E-state index contributed by atoms with van der Waals surface area (Å²) in [5.74, 6) is -1.32. The topological polar surface area (TPSA) is 88.1 Å². The average Bonchev–Trinajstić information content (AvgIpc) is 2.51. The standard InChI is InChI=1S/C6H7N3O3/c1-12-5(6(10)11)2-4-3-7-9-8-4/h2-3H,1H3,(H,10,11)(H,7,8,9). The summed E-state index contributed by atoms with van der Waals surface area (Å²) in [4.78, 5) is 10.4. The molecule has 0 aliphatic carbocycles. The Bertz CT molecular complexity index is 291. The minimum atomic E-state index is -1.14. The summed E-state index contributed by atoms with van der Waals surface area (Å²) in [5.41, 5.74) is 0.411. The van der Waals surface area contributed by atoms with Gasteiger partial charge in [0.15, 0.2) is 0 Å². The molecule has 0 bridgehead atoms. The van der Waals surface area contributed by atoms with Crippen LogP contribution in [0.15, 0.2) is 12.0 Å². The van der Waals surface area contributed by atoms with E-state index in [9.17, 15) is 4.79 Å². The molecule has 0 saturated carbocycles. The highest BCUT2D eigenvalue weighted by atomic mass is 16.5. The molecule has 0 amide bonds. The Morgan fingerprint density at radius 3 is 3.00 bits per heavy atom. The number of nitrogens with one attached hydrogen (secondary N) is 1. The number of carbonyl (C=O) groups is 1. The van der Waals surface area contributed by atoms with Crippen molar-refractivity contribution in [2.45, 2.75) is 0 Å². The highest BCUT2D eigenvalue weighted by Gasteiger charge is 2.06. The molecule has 0 aliphatic heterocycles. The molecule has 6 heteroatoms. The van der Waals surface area contributed by atoms with Crippen LogP contribution < -0.4 is 0 Å². The van der Waals surface area contributed by atoms with Crippen molar-refractivity contribution in [3.05, 3.63) is 17.6 Å². The van der Waals surface area contributed by atoms with Crippen molar-refractivity contribution in [2.75, 3.05) is 7.11 Å². The van der Waals surface area contributed by atoms with Crippen LogP contribution in [0.5, 0.6) is 0 Å². The Morgan fingerprint density at radius 1 is 1.83 bits per heavy atom. The normalized spacial score (nSPS) is 11.2. The van der Waals surface area contributed by atoms with Gasteiger partial charge in [0.25, 0.3) is 0 Å². The Balaban J connectivity index is 2.85. The maximum atomic E-state index is 10.4. The van der Waals surface area contributed by atoms with Gasteiger partial charge < -0.3 is 9.84 Å². The van der Waals surface area contributed by atoms with Crippen LogP contribution in [0.1, 0.15) is 5.69 Å². The Morgan fingerprint density at radius 2 is 2.58 bits per heavy atom. The third-order valence-corrected chi connectivity index (χ3v) is 1.15. The zero-order chi connectivity index (χ0) is 8.97. The SMILES string of the molecule is COC(=Cc1c[nH]nn1)C(=O)O. The molecule has 0 spiro atoms. The highest BCUT2D eigenvalue weighted by molar-refractivity contribution is 5.89. The highest BCUT2D eigenvalue weighted by Crippen LogP contribution is 2.02. The first kappa shape index (κ1) is 8.25. The van der Waals surface area contributed by atoms with Crippen molar-refractivity contribution in [3.8, 4) is 0 Å². The number of rotatable bonds is 3. The lowest BCUT2D eigenvalue weighted by Crippen LogP contribution is -2.01. The van der Waals surface area contributed by atoms with Gasteiger partial charge in [-0.15, -0.1) is 5.10 Å². The van der Waals surface area contributed by atoms with E-state index in [0.29, 0.717) is 5.69 Å². The lowest BCUT2D eigenvalue weighted by molar-refractivity contribution is -0.135. The molecule has 0 radical (unpaired) electrons. The molecular weight excluding hydrogens is 162 g/mol. The second kappa shape index (κ2) is 3.51. The summed E-state index contributed by atoms with van der Waals surface area (Å²) in [5, 5.41) is 17.9. The molecular formula is C6H7N3O3. The van der Waals surface area contributed by atoms with Crippen molar-refractivity contribution >= 4 is 12.0 Å². The second-order valence-corrected chi connectivity index (χ2v) is 1.92. The lowest BCUT2D eigenvalue weighted by atomic mass is 10.4. The molecule has 0 atom stereocenters. The van der Waals surface area contributed by atoms with E-state index in [1.807, 2.05) is 0 Å². The Kier molecular flexibility index (Phi) is 2.42. The molecule has 64 valence electrons. The van der Waals surface area contributed by atoms with E-state index < -0.39 is 5.97 Å². The fourth-order valence-corrected chi connectivity index (χ4v) is 0.623. The molecule has 0 aromatic carbocycles. The third-order valence-electron chi connectivity index (χ3n) is 1.15. The summed E-state index contributed by atoms with van der Waals surface area (Å²) >= 11 is 0. The average molecular weight is 169 g/mol. The molecule has 1 heterocycles. The summed E-state index contributed by atoms with van der Waals surface area (Å²) < 4.78 is 4.56. The predicted molar refractivity (Wildman–Crippen MR) is 39.0 cm³/mol. The number of aromatic amines is 1. The number of carboxylic acids is 1. The minimum absolute atomic E-state index is 0.177. The van der Waals surface area contributed by atoms with Gasteiger partial charge >= 0.3 is 5.97 Å². The fourth-order valence-electron chi connectivity index (χ4n) is 0.623. The molecule has 2 N–H and O–H groups in total. The van der Waals surface area contributed by atoms with Gasteiger partial charge in [0.2, 0.25) is 5.76 Å². The summed E-state index contributed by atoms with van der Waals surface area (Å²) in [6.45, 7) is 0. The third kappa shape index (κ3) is 1.82. The van der Waals surface area contributed by atoms with Crippen LogP contribution in [0.2, 0.25) is 0 Å². The molecule has 0 unspecified atom stereocenters.